The van der Waals surface area contributed by atoms with Crippen LogP contribution < -0.4 is 10.1 Å². The predicted molar refractivity (Wildman–Crippen MR) is 164 cm³/mol. The van der Waals surface area contributed by atoms with Crippen LogP contribution in [0.25, 0.3) is 10.9 Å². The van der Waals surface area contributed by atoms with Crippen molar-refractivity contribution in [2.75, 3.05) is 25.6 Å². The van der Waals surface area contributed by atoms with Crippen LogP contribution in [-0.4, -0.2) is 52.9 Å². The maximum atomic E-state index is 16.2. The molecule has 1 saturated heterocycles. The van der Waals surface area contributed by atoms with Gasteiger partial charge in [-0.05, 0) is 67.1 Å². The third-order valence-electron chi connectivity index (χ3n) is 9.98. The molecular weight excluding hydrogens is 606 g/mol. The number of rotatable bonds is 4. The number of hydrogen-bond acceptors (Lipinski definition) is 6. The van der Waals surface area contributed by atoms with E-state index in [0.29, 0.717) is 57.8 Å². The lowest BCUT2D eigenvalue weighted by Crippen LogP contribution is -2.53. The maximum Gasteiger partial charge on any atom is 0.338 e. The number of aryl methyl sites for hydroxylation is 1. The molecule has 2 fully saturated rings. The Morgan fingerprint density at radius 2 is 2.02 bits per heavy atom. The van der Waals surface area contributed by atoms with Crippen molar-refractivity contribution in [2.45, 2.75) is 43.8 Å². The van der Waals surface area contributed by atoms with E-state index in [2.05, 4.69) is 10.2 Å². The highest BCUT2D eigenvalue weighted by Crippen LogP contribution is 2.61. The van der Waals surface area contributed by atoms with Gasteiger partial charge in [-0.3, -0.25) is 9.69 Å². The SMILES string of the molecule is COC(=O)c1ccc2nn3c(c2c1C)OC[C@H]1[C@@H](C3)[C@H](c2cccc(Cl)c2F)[C@]2(C(=O)Nc3cc(Cl)ccc32)N1CC1CC1. The van der Waals surface area contributed by atoms with Crippen molar-refractivity contribution in [1.29, 1.82) is 0 Å². The predicted octanol–water partition coefficient (Wildman–Crippen LogP) is 6.31. The standard InChI is InChI=1S/C33H29Cl2FN4O4/c1-16-19(31(41)43-2)9-11-24-27(16)30-40(38-24)14-21-26(15-44-30)39(13-17-6-7-17)33(28(21)20-4-3-5-23(35)29(20)36)22-10-8-18(34)12-25(22)37-32(33)42/h3-5,8-12,17,21,26,28H,6-7,13-15H2,1-2H3,(H,37,42)/t21-,26+,28+,33-/m1/s1. The van der Waals surface area contributed by atoms with E-state index in [9.17, 15) is 9.59 Å². The molecule has 44 heavy (non-hydrogen) atoms. The Balaban J connectivity index is 1.36. The van der Waals surface area contributed by atoms with Crippen LogP contribution in [0.15, 0.2) is 48.5 Å². The Kier molecular flexibility index (Phi) is 6.28. The topological polar surface area (TPSA) is 85.7 Å². The number of hydrogen-bond donors (Lipinski definition) is 1. The second kappa shape index (κ2) is 9.92. The monoisotopic (exact) mass is 634 g/mol. The van der Waals surface area contributed by atoms with E-state index in [-0.39, 0.29) is 29.5 Å². The second-order valence-corrected chi connectivity index (χ2v) is 13.1. The molecule has 1 amide bonds. The molecular formula is C33H29Cl2FN4O4. The van der Waals surface area contributed by atoms with Gasteiger partial charge >= 0.3 is 5.97 Å². The second-order valence-electron chi connectivity index (χ2n) is 12.3. The third-order valence-corrected chi connectivity index (χ3v) is 10.5. The van der Waals surface area contributed by atoms with Gasteiger partial charge in [-0.2, -0.15) is 5.10 Å². The smallest absolute Gasteiger partial charge is 0.338 e. The summed E-state index contributed by atoms with van der Waals surface area (Å²) in [6.45, 7) is 3.12. The van der Waals surface area contributed by atoms with E-state index >= 15 is 4.39 Å². The highest BCUT2D eigenvalue weighted by Gasteiger charge is 2.68. The molecule has 0 radical (unpaired) electrons. The van der Waals surface area contributed by atoms with Crippen LogP contribution in [0.4, 0.5) is 10.1 Å². The molecule has 0 bridgehead atoms. The summed E-state index contributed by atoms with van der Waals surface area (Å²) in [6.07, 6.45) is 2.13. The van der Waals surface area contributed by atoms with Crippen molar-refractivity contribution in [3.05, 3.63) is 86.6 Å². The molecule has 0 unspecified atom stereocenters. The normalized spacial score (nSPS) is 25.8. The van der Waals surface area contributed by atoms with Crippen LogP contribution in [0.3, 0.4) is 0 Å². The van der Waals surface area contributed by atoms with Gasteiger partial charge in [-0.25, -0.2) is 13.9 Å². The lowest BCUT2D eigenvalue weighted by molar-refractivity contribution is -0.128. The average molecular weight is 636 g/mol. The van der Waals surface area contributed by atoms with Gasteiger partial charge in [-0.15, -0.1) is 0 Å². The van der Waals surface area contributed by atoms with Gasteiger partial charge in [0.15, 0.2) is 0 Å². The fourth-order valence-corrected chi connectivity index (χ4v) is 8.28. The van der Waals surface area contributed by atoms with Gasteiger partial charge in [0.05, 0.1) is 34.6 Å². The summed E-state index contributed by atoms with van der Waals surface area (Å²) < 4.78 is 29.6. The highest BCUT2D eigenvalue weighted by molar-refractivity contribution is 6.31. The highest BCUT2D eigenvalue weighted by atomic mass is 35.5. The minimum Gasteiger partial charge on any atom is -0.476 e. The lowest BCUT2D eigenvalue weighted by Gasteiger charge is -2.40. The molecule has 1 spiro atoms. The lowest BCUT2D eigenvalue weighted by atomic mass is 9.71. The number of fused-ring (bicyclic) bond motifs is 6. The maximum absolute atomic E-state index is 16.2. The molecule has 11 heteroatoms. The number of carbonyl (C=O) groups is 2. The fourth-order valence-electron chi connectivity index (χ4n) is 7.93. The van der Waals surface area contributed by atoms with Crippen LogP contribution in [0.5, 0.6) is 5.88 Å². The number of halogens is 3. The molecule has 1 aliphatic carbocycles. The van der Waals surface area contributed by atoms with E-state index < -0.39 is 23.2 Å². The van der Waals surface area contributed by atoms with Gasteiger partial charge in [0.2, 0.25) is 11.8 Å². The molecule has 1 aromatic heterocycles. The number of esters is 1. The number of anilines is 1. The van der Waals surface area contributed by atoms with E-state index in [1.165, 1.54) is 13.2 Å². The van der Waals surface area contributed by atoms with Gasteiger partial charge in [0.1, 0.15) is 18.0 Å². The van der Waals surface area contributed by atoms with Crippen LogP contribution in [0, 0.1) is 24.6 Å². The summed E-state index contributed by atoms with van der Waals surface area (Å²) in [5, 5.41) is 9.24. The molecule has 4 heterocycles. The van der Waals surface area contributed by atoms with Crippen molar-refractivity contribution in [3.8, 4) is 5.88 Å². The number of aromatic nitrogens is 2. The van der Waals surface area contributed by atoms with Crippen molar-refractivity contribution >= 4 is 51.7 Å². The number of amides is 1. The molecule has 1 saturated carbocycles. The minimum absolute atomic E-state index is 0.00549. The molecule has 3 aliphatic heterocycles. The number of likely N-dealkylation sites (tertiary alicyclic amines) is 1. The first-order valence-electron chi connectivity index (χ1n) is 14.8. The molecule has 4 aliphatic rings. The fraction of sp³-hybridized carbons (Fsp3) is 0.364. The third kappa shape index (κ3) is 3.82. The van der Waals surface area contributed by atoms with E-state index in [0.717, 1.165) is 23.8 Å². The van der Waals surface area contributed by atoms with Crippen molar-refractivity contribution < 1.29 is 23.5 Å². The first-order chi connectivity index (χ1) is 21.2. The van der Waals surface area contributed by atoms with E-state index in [4.69, 9.17) is 37.8 Å². The molecule has 226 valence electrons. The number of ether oxygens (including phenoxy) is 2. The van der Waals surface area contributed by atoms with E-state index in [1.54, 1.807) is 36.4 Å². The first kappa shape index (κ1) is 27.9. The molecule has 4 atom stereocenters. The van der Waals surface area contributed by atoms with E-state index in [1.807, 2.05) is 17.7 Å². The van der Waals surface area contributed by atoms with Crippen molar-refractivity contribution in [3.63, 3.8) is 0 Å². The van der Waals surface area contributed by atoms with Crippen molar-refractivity contribution in [2.24, 2.45) is 11.8 Å². The zero-order valence-electron chi connectivity index (χ0n) is 24.1. The van der Waals surface area contributed by atoms with Gasteiger partial charge in [-0.1, -0.05) is 41.4 Å². The summed E-state index contributed by atoms with van der Waals surface area (Å²) in [5.74, 6) is -1.12. The van der Waals surface area contributed by atoms with Crippen LogP contribution in [0.2, 0.25) is 10.0 Å². The largest absolute Gasteiger partial charge is 0.476 e. The Hall–Kier alpha value is -3.66. The number of nitrogens with one attached hydrogen (secondary N) is 1. The Labute approximate surface area is 263 Å². The number of methoxy groups -OCH3 is 1. The average Bonchev–Trinajstić information content (AvgIpc) is 3.66. The van der Waals surface area contributed by atoms with Gasteiger partial charge in [0, 0.05) is 41.2 Å². The number of benzene rings is 3. The molecule has 3 aromatic carbocycles. The van der Waals surface area contributed by atoms with Gasteiger partial charge in [0.25, 0.3) is 0 Å². The Morgan fingerprint density at radius 1 is 1.20 bits per heavy atom. The van der Waals surface area contributed by atoms with Crippen LogP contribution in [0.1, 0.15) is 45.8 Å². The molecule has 8 nitrogen and oxygen atoms in total. The molecule has 1 N–H and O–H groups in total. The minimum atomic E-state index is -1.22. The summed E-state index contributed by atoms with van der Waals surface area (Å²) >= 11 is 12.8. The van der Waals surface area contributed by atoms with Crippen molar-refractivity contribution in [1.82, 2.24) is 14.7 Å². The quantitative estimate of drug-likeness (QED) is 0.265. The van der Waals surface area contributed by atoms with Gasteiger partial charge < -0.3 is 14.8 Å². The first-order valence-corrected chi connectivity index (χ1v) is 15.5. The Bertz CT molecular complexity index is 1890. The number of carbonyl (C=O) groups excluding carboxylic acids is 2. The zero-order chi connectivity index (χ0) is 30.5. The summed E-state index contributed by atoms with van der Waals surface area (Å²) in [5.41, 5.74) is 2.40. The zero-order valence-corrected chi connectivity index (χ0v) is 25.6. The van der Waals surface area contributed by atoms with Crippen LogP contribution in [-0.2, 0) is 21.6 Å². The summed E-state index contributed by atoms with van der Waals surface area (Å²) in [4.78, 5) is 29.3. The number of nitrogens with zero attached hydrogens (tertiary/aromatic N) is 3. The summed E-state index contributed by atoms with van der Waals surface area (Å²) in [7, 11) is 1.35. The molecule has 4 aromatic rings. The Morgan fingerprint density at radius 3 is 2.80 bits per heavy atom. The summed E-state index contributed by atoms with van der Waals surface area (Å²) in [6, 6.07) is 13.7. The molecule has 8 rings (SSSR count). The van der Waals surface area contributed by atoms with Crippen LogP contribution >= 0.6 is 23.2 Å².